The summed E-state index contributed by atoms with van der Waals surface area (Å²) >= 11 is 0. The third kappa shape index (κ3) is 14.4. The summed E-state index contributed by atoms with van der Waals surface area (Å²) in [4.78, 5) is 83.6. The molecule has 3 aromatic rings. The van der Waals surface area contributed by atoms with Gasteiger partial charge in [0, 0.05) is 47.0 Å². The van der Waals surface area contributed by atoms with E-state index in [1.807, 2.05) is 6.92 Å². The number of methoxy groups -OCH3 is 1. The van der Waals surface area contributed by atoms with Crippen LogP contribution in [-0.2, 0) is 23.7 Å². The molecule has 3 atom stereocenters. The topological polar surface area (TPSA) is 233 Å². The van der Waals surface area contributed by atoms with Gasteiger partial charge in [-0.25, -0.2) is 24.2 Å². The van der Waals surface area contributed by atoms with E-state index in [0.29, 0.717) is 41.4 Å². The molecule has 1 aliphatic rings. The van der Waals surface area contributed by atoms with E-state index in [0.717, 1.165) is 38.5 Å². The van der Waals surface area contributed by atoms with Crippen LogP contribution in [0.25, 0.3) is 17.2 Å². The van der Waals surface area contributed by atoms with Crippen molar-refractivity contribution in [3.8, 4) is 16.9 Å². The minimum absolute atomic E-state index is 0.0476. The van der Waals surface area contributed by atoms with Gasteiger partial charge in [-0.3, -0.25) is 20.3 Å². The highest BCUT2D eigenvalue weighted by Gasteiger charge is 2.31. The Morgan fingerprint density at radius 3 is 2.25 bits per heavy atom. The van der Waals surface area contributed by atoms with Gasteiger partial charge in [-0.15, -0.1) is 0 Å². The minimum Gasteiger partial charge on any atom is -0.496 e. The van der Waals surface area contributed by atoms with E-state index >= 15 is 0 Å². The second-order valence-corrected chi connectivity index (χ2v) is 15.0. The summed E-state index contributed by atoms with van der Waals surface area (Å²) in [5, 5.41) is 18.9. The average molecular weight is 871 g/mol. The van der Waals surface area contributed by atoms with Gasteiger partial charge in [-0.2, -0.15) is 0 Å². The molecule has 1 aliphatic carbocycles. The van der Waals surface area contributed by atoms with Gasteiger partial charge in [-0.05, 0) is 86.6 Å². The number of hydrogen-bond donors (Lipinski definition) is 5. The van der Waals surface area contributed by atoms with Gasteiger partial charge in [0.05, 0.1) is 20.3 Å². The van der Waals surface area contributed by atoms with Crippen LogP contribution in [0.15, 0.2) is 55.1 Å². The number of nitrogens with one attached hydrogen (secondary N) is 5. The van der Waals surface area contributed by atoms with Crippen LogP contribution < -0.4 is 26.0 Å². The van der Waals surface area contributed by atoms with Gasteiger partial charge in [0.15, 0.2) is 5.69 Å². The van der Waals surface area contributed by atoms with Crippen LogP contribution in [0, 0.1) is 17.2 Å². The number of carbonyl (C=O) groups excluding carboxylic acids is 6. The Hall–Kier alpha value is -6.78. The number of carbonyl (C=O) groups is 6. The quantitative estimate of drug-likeness (QED) is 0.0164. The standard InChI is InChI=1S/C46H58N6O11/c1-8-12-13-14-23-61-45(57)52-40(47)31-17-19-32(20-18-31)49-41(53)35-24-30(10-3)37(59-7)25-34(35)33-21-22-36(42(54)48-26-29-15-16-29)50-39(33)44(56)62-28(6)63-46(58)51-38(27(5)9-2)43(55)60-11-4/h10,17-22,24-25,27-29,38H,3,8-9,11-16,23,26H2,1-2,4-7H3,(H,48,54)(H,49,53)(H,51,58)(H2,47,52,57)/t27-,28?,38-/m0/s1. The van der Waals surface area contributed by atoms with Crippen molar-refractivity contribution in [2.75, 3.05) is 32.2 Å². The molecule has 0 spiro atoms. The van der Waals surface area contributed by atoms with Crippen molar-refractivity contribution in [3.05, 3.63) is 83.2 Å². The van der Waals surface area contributed by atoms with Crippen molar-refractivity contribution in [2.24, 2.45) is 11.8 Å². The molecule has 0 saturated heterocycles. The number of amidine groups is 1. The number of benzene rings is 2. The Balaban J connectivity index is 1.63. The van der Waals surface area contributed by atoms with Crippen LogP contribution in [0.4, 0.5) is 15.3 Å². The Morgan fingerprint density at radius 1 is 0.889 bits per heavy atom. The molecule has 63 heavy (non-hydrogen) atoms. The largest absolute Gasteiger partial charge is 0.496 e. The summed E-state index contributed by atoms with van der Waals surface area (Å²) in [5.74, 6) is -2.75. The van der Waals surface area contributed by atoms with Gasteiger partial charge in [0.25, 0.3) is 11.8 Å². The number of unbranched alkanes of at least 4 members (excludes halogenated alkanes) is 3. The van der Waals surface area contributed by atoms with Crippen LogP contribution in [0.3, 0.4) is 0 Å². The lowest BCUT2D eigenvalue weighted by atomic mass is 9.94. The SMILES string of the molecule is C=Cc1cc(C(=O)Nc2ccc(C(=N)NC(=O)OCCCCCC)cc2)c(-c2ccc(C(=O)NCC3CC3)nc2C(=O)OC(C)OC(=O)N[C@H](C(=O)OCC)[C@@H](C)CC)cc1OC. The molecule has 1 saturated carbocycles. The van der Waals surface area contributed by atoms with Crippen molar-refractivity contribution >= 4 is 53.5 Å². The van der Waals surface area contributed by atoms with Crippen molar-refractivity contribution in [2.45, 2.75) is 91.9 Å². The highest BCUT2D eigenvalue weighted by Crippen LogP contribution is 2.35. The maximum atomic E-state index is 14.2. The fraction of sp³-hybridized carbons (Fsp3) is 0.435. The summed E-state index contributed by atoms with van der Waals surface area (Å²) < 4.78 is 26.7. The summed E-state index contributed by atoms with van der Waals surface area (Å²) in [5.41, 5.74) is 0.920. The second-order valence-electron chi connectivity index (χ2n) is 15.0. The van der Waals surface area contributed by atoms with Crippen molar-refractivity contribution < 1.29 is 52.5 Å². The lowest BCUT2D eigenvalue weighted by molar-refractivity contribution is -0.147. The molecule has 2 aromatic carbocycles. The van der Waals surface area contributed by atoms with Crippen LogP contribution in [0.2, 0.25) is 0 Å². The number of amides is 4. The van der Waals surface area contributed by atoms with E-state index in [1.54, 1.807) is 38.1 Å². The normalized spacial score (nSPS) is 13.2. The fourth-order valence-electron chi connectivity index (χ4n) is 6.22. The lowest BCUT2D eigenvalue weighted by Gasteiger charge is -2.23. The average Bonchev–Trinajstić information content (AvgIpc) is 4.11. The lowest BCUT2D eigenvalue weighted by Crippen LogP contribution is -2.47. The van der Waals surface area contributed by atoms with E-state index < -0.39 is 48.3 Å². The van der Waals surface area contributed by atoms with E-state index in [9.17, 15) is 28.8 Å². The van der Waals surface area contributed by atoms with Crippen LogP contribution in [-0.4, -0.2) is 86.0 Å². The van der Waals surface area contributed by atoms with Crippen LogP contribution >= 0.6 is 0 Å². The van der Waals surface area contributed by atoms with Crippen molar-refractivity contribution in [3.63, 3.8) is 0 Å². The molecule has 4 rings (SSSR count). The third-order valence-electron chi connectivity index (χ3n) is 10.2. The maximum Gasteiger partial charge on any atom is 0.412 e. The van der Waals surface area contributed by atoms with E-state index in [2.05, 4.69) is 39.8 Å². The molecule has 17 heteroatoms. The van der Waals surface area contributed by atoms with E-state index in [1.165, 1.54) is 44.4 Å². The fourth-order valence-corrected chi connectivity index (χ4v) is 6.22. The van der Waals surface area contributed by atoms with E-state index in [4.69, 9.17) is 29.1 Å². The maximum absolute atomic E-state index is 14.2. The zero-order valence-electron chi connectivity index (χ0n) is 36.7. The van der Waals surface area contributed by atoms with Gasteiger partial charge in [-0.1, -0.05) is 59.1 Å². The predicted octanol–water partition coefficient (Wildman–Crippen LogP) is 7.63. The first-order valence-corrected chi connectivity index (χ1v) is 21.2. The molecular formula is C46H58N6O11. The van der Waals surface area contributed by atoms with Gasteiger partial charge in [0.1, 0.15) is 23.3 Å². The van der Waals surface area contributed by atoms with Gasteiger partial charge >= 0.3 is 24.1 Å². The third-order valence-corrected chi connectivity index (χ3v) is 10.2. The molecule has 1 unspecified atom stereocenters. The zero-order valence-corrected chi connectivity index (χ0v) is 36.7. The molecular weight excluding hydrogens is 813 g/mol. The molecule has 0 aliphatic heterocycles. The molecule has 5 N–H and O–H groups in total. The van der Waals surface area contributed by atoms with Crippen molar-refractivity contribution in [1.82, 2.24) is 20.9 Å². The molecule has 0 radical (unpaired) electrons. The van der Waals surface area contributed by atoms with Crippen LogP contribution in [0.1, 0.15) is 122 Å². The molecule has 1 aromatic heterocycles. The minimum atomic E-state index is -1.51. The molecule has 1 heterocycles. The number of esters is 2. The number of rotatable bonds is 22. The Bertz CT molecular complexity index is 2140. The van der Waals surface area contributed by atoms with E-state index in [-0.39, 0.29) is 53.0 Å². The highest BCUT2D eigenvalue weighted by atomic mass is 16.7. The molecule has 1 fully saturated rings. The Kier molecular flexibility index (Phi) is 18.6. The predicted molar refractivity (Wildman–Crippen MR) is 236 cm³/mol. The summed E-state index contributed by atoms with van der Waals surface area (Å²) in [6, 6.07) is 11.0. The first-order valence-electron chi connectivity index (χ1n) is 21.2. The summed E-state index contributed by atoms with van der Waals surface area (Å²) in [6.07, 6.45) is 4.47. The number of ether oxygens (including phenoxy) is 5. The molecule has 4 amide bonds. The monoisotopic (exact) mass is 870 g/mol. The molecule has 338 valence electrons. The number of hydrogen-bond acceptors (Lipinski definition) is 13. The first-order chi connectivity index (χ1) is 30.2. The van der Waals surface area contributed by atoms with Gasteiger partial charge < -0.3 is 39.6 Å². The van der Waals surface area contributed by atoms with Gasteiger partial charge in [0.2, 0.25) is 6.29 Å². The Morgan fingerprint density at radius 2 is 1.62 bits per heavy atom. The number of nitrogens with zero attached hydrogens (tertiary/aromatic N) is 1. The number of aromatic nitrogens is 1. The van der Waals surface area contributed by atoms with Crippen LogP contribution in [0.5, 0.6) is 5.75 Å². The van der Waals surface area contributed by atoms with Crippen molar-refractivity contribution in [1.29, 1.82) is 5.41 Å². The first kappa shape index (κ1) is 48.9. The number of pyridine rings is 1. The zero-order chi connectivity index (χ0) is 46.1. The summed E-state index contributed by atoms with van der Waals surface area (Å²) in [6.45, 7) is 13.2. The second kappa shape index (κ2) is 24.0. The molecule has 17 nitrogen and oxygen atoms in total. The smallest absolute Gasteiger partial charge is 0.412 e. The summed E-state index contributed by atoms with van der Waals surface area (Å²) in [7, 11) is 1.42. The molecule has 0 bridgehead atoms. The number of anilines is 1. The Labute approximate surface area is 367 Å². The number of alkyl carbamates (subject to hydrolysis) is 2. The highest BCUT2D eigenvalue weighted by molar-refractivity contribution is 6.11.